The highest BCUT2D eigenvalue weighted by atomic mass is 32.2. The maximum Gasteiger partial charge on any atom is 0.252 e. The number of thioether (sulfide) groups is 1. The fraction of sp³-hybridized carbons (Fsp3) is 0.222. The number of carbonyl (C=O) groups is 1. The van der Waals surface area contributed by atoms with E-state index in [-0.39, 0.29) is 5.91 Å². The molecule has 0 unspecified atom stereocenters. The number of nitriles is 1. The number of amides is 1. The molecule has 2 aromatic carbocycles. The number of methoxy groups -OCH3 is 1. The maximum absolute atomic E-state index is 12.2. The minimum atomic E-state index is -0.0926. The van der Waals surface area contributed by atoms with Crippen molar-refractivity contribution in [1.29, 1.82) is 5.26 Å². The Balaban J connectivity index is 2.02. The second-order valence-corrected chi connectivity index (χ2v) is 5.86. The first-order valence-corrected chi connectivity index (χ1v) is 8.21. The summed E-state index contributed by atoms with van der Waals surface area (Å²) in [6, 6.07) is 17.1. The molecule has 0 aliphatic carbocycles. The van der Waals surface area contributed by atoms with Crippen molar-refractivity contribution in [3.8, 4) is 6.07 Å². The average molecular weight is 326 g/mol. The van der Waals surface area contributed by atoms with Crippen LogP contribution in [0.2, 0.25) is 0 Å². The van der Waals surface area contributed by atoms with Crippen molar-refractivity contribution >= 4 is 17.7 Å². The molecule has 0 spiro atoms. The Hall–Kier alpha value is -2.29. The molecular weight excluding hydrogens is 308 g/mol. The van der Waals surface area contributed by atoms with Crippen molar-refractivity contribution in [2.75, 3.05) is 20.3 Å². The van der Waals surface area contributed by atoms with Gasteiger partial charge >= 0.3 is 0 Å². The summed E-state index contributed by atoms with van der Waals surface area (Å²) in [4.78, 5) is 13.2. The van der Waals surface area contributed by atoms with Crippen LogP contribution in [0, 0.1) is 11.3 Å². The van der Waals surface area contributed by atoms with Crippen LogP contribution in [0.5, 0.6) is 0 Å². The third-order valence-electron chi connectivity index (χ3n) is 3.20. The minimum absolute atomic E-state index is 0.0926. The summed E-state index contributed by atoms with van der Waals surface area (Å²) in [5.74, 6) is 0.652. The van der Waals surface area contributed by atoms with Gasteiger partial charge in [-0.1, -0.05) is 24.3 Å². The molecule has 5 heteroatoms. The molecule has 118 valence electrons. The van der Waals surface area contributed by atoms with Gasteiger partial charge in [0.25, 0.3) is 5.91 Å². The summed E-state index contributed by atoms with van der Waals surface area (Å²) < 4.78 is 4.94. The molecule has 0 atom stereocenters. The Kier molecular flexibility index (Phi) is 6.67. The van der Waals surface area contributed by atoms with Crippen LogP contribution in [-0.4, -0.2) is 26.2 Å². The van der Waals surface area contributed by atoms with Crippen LogP contribution in [0.1, 0.15) is 21.5 Å². The van der Waals surface area contributed by atoms with E-state index in [9.17, 15) is 4.79 Å². The molecular formula is C18H18N2O2S. The van der Waals surface area contributed by atoms with Gasteiger partial charge in [-0.25, -0.2) is 0 Å². The summed E-state index contributed by atoms with van der Waals surface area (Å²) in [6.45, 7) is 0.982. The first kappa shape index (κ1) is 17.1. The van der Waals surface area contributed by atoms with Gasteiger partial charge in [0.15, 0.2) is 0 Å². The molecule has 0 aromatic heterocycles. The molecule has 4 nitrogen and oxygen atoms in total. The molecule has 0 bridgehead atoms. The second-order valence-electron chi connectivity index (χ2n) is 4.84. The predicted octanol–water partition coefficient (Wildman–Crippen LogP) is 3.23. The van der Waals surface area contributed by atoms with E-state index in [0.29, 0.717) is 24.3 Å². The van der Waals surface area contributed by atoms with Crippen molar-refractivity contribution in [3.63, 3.8) is 0 Å². The maximum atomic E-state index is 12.2. The van der Waals surface area contributed by atoms with E-state index >= 15 is 0 Å². The average Bonchev–Trinajstić information content (AvgIpc) is 2.60. The largest absolute Gasteiger partial charge is 0.383 e. The summed E-state index contributed by atoms with van der Waals surface area (Å²) in [5, 5.41) is 11.7. The highest BCUT2D eigenvalue weighted by Crippen LogP contribution is 2.26. The zero-order chi connectivity index (χ0) is 16.5. The highest BCUT2D eigenvalue weighted by Gasteiger charge is 2.10. The minimum Gasteiger partial charge on any atom is -0.383 e. The summed E-state index contributed by atoms with van der Waals surface area (Å²) >= 11 is 1.61. The smallest absolute Gasteiger partial charge is 0.252 e. The number of nitrogens with one attached hydrogen (secondary N) is 1. The topological polar surface area (TPSA) is 62.1 Å². The standard InChI is InChI=1S/C18H18N2O2S/c1-22-11-10-20-18(21)16-4-2-3-5-17(16)23-13-15-8-6-14(12-19)7-9-15/h2-9H,10-11,13H2,1H3,(H,20,21). The molecule has 23 heavy (non-hydrogen) atoms. The van der Waals surface area contributed by atoms with Gasteiger partial charge in [-0.05, 0) is 29.8 Å². The lowest BCUT2D eigenvalue weighted by molar-refractivity contribution is 0.0934. The lowest BCUT2D eigenvalue weighted by atomic mass is 10.2. The highest BCUT2D eigenvalue weighted by molar-refractivity contribution is 7.98. The van der Waals surface area contributed by atoms with Crippen molar-refractivity contribution in [1.82, 2.24) is 5.32 Å². The van der Waals surface area contributed by atoms with E-state index in [4.69, 9.17) is 10.00 Å². The lowest BCUT2D eigenvalue weighted by Crippen LogP contribution is -2.27. The Morgan fingerprint density at radius 2 is 1.96 bits per heavy atom. The zero-order valence-corrected chi connectivity index (χ0v) is 13.7. The Morgan fingerprint density at radius 3 is 2.65 bits per heavy atom. The molecule has 0 aliphatic rings. The van der Waals surface area contributed by atoms with Crippen LogP contribution in [0.15, 0.2) is 53.4 Å². The summed E-state index contributed by atoms with van der Waals surface area (Å²) in [5.41, 5.74) is 2.43. The van der Waals surface area contributed by atoms with Gasteiger partial charge in [0, 0.05) is 24.3 Å². The zero-order valence-electron chi connectivity index (χ0n) is 12.9. The number of hydrogen-bond donors (Lipinski definition) is 1. The molecule has 0 fully saturated rings. The van der Waals surface area contributed by atoms with Crippen molar-refractivity contribution < 1.29 is 9.53 Å². The Labute approximate surface area is 140 Å². The van der Waals surface area contributed by atoms with Crippen molar-refractivity contribution in [3.05, 3.63) is 65.2 Å². The van der Waals surface area contributed by atoms with Gasteiger partial charge in [-0.2, -0.15) is 5.26 Å². The third-order valence-corrected chi connectivity index (χ3v) is 4.35. The van der Waals surface area contributed by atoms with E-state index < -0.39 is 0 Å². The second kappa shape index (κ2) is 8.99. The third kappa shape index (κ3) is 5.13. The molecule has 0 heterocycles. The van der Waals surface area contributed by atoms with E-state index in [1.165, 1.54) is 0 Å². The van der Waals surface area contributed by atoms with E-state index in [1.807, 2.05) is 36.4 Å². The number of nitrogens with zero attached hydrogens (tertiary/aromatic N) is 1. The molecule has 1 amide bonds. The van der Waals surface area contributed by atoms with Gasteiger partial charge in [0.1, 0.15) is 0 Å². The fourth-order valence-electron chi connectivity index (χ4n) is 1.98. The van der Waals surface area contributed by atoms with Crippen molar-refractivity contribution in [2.45, 2.75) is 10.6 Å². The number of benzene rings is 2. The first-order valence-electron chi connectivity index (χ1n) is 7.22. The fourth-order valence-corrected chi connectivity index (χ4v) is 2.98. The molecule has 2 rings (SSSR count). The normalized spacial score (nSPS) is 10.1. The van der Waals surface area contributed by atoms with E-state index in [1.54, 1.807) is 31.0 Å². The number of rotatable bonds is 7. The van der Waals surface area contributed by atoms with Crippen LogP contribution in [0.3, 0.4) is 0 Å². The molecule has 0 saturated heterocycles. The van der Waals surface area contributed by atoms with Crippen LogP contribution >= 0.6 is 11.8 Å². The molecule has 0 aliphatic heterocycles. The number of hydrogen-bond acceptors (Lipinski definition) is 4. The van der Waals surface area contributed by atoms with Gasteiger partial charge < -0.3 is 10.1 Å². The van der Waals surface area contributed by atoms with Gasteiger partial charge in [0.2, 0.25) is 0 Å². The van der Waals surface area contributed by atoms with Crippen LogP contribution in [0.4, 0.5) is 0 Å². The van der Waals surface area contributed by atoms with E-state index in [0.717, 1.165) is 16.2 Å². The van der Waals surface area contributed by atoms with Crippen LogP contribution in [-0.2, 0) is 10.5 Å². The summed E-state index contributed by atoms with van der Waals surface area (Å²) in [6.07, 6.45) is 0. The monoisotopic (exact) mass is 326 g/mol. The predicted molar refractivity (Wildman–Crippen MR) is 91.4 cm³/mol. The Bertz CT molecular complexity index is 693. The first-order chi connectivity index (χ1) is 11.2. The van der Waals surface area contributed by atoms with Crippen LogP contribution in [0.25, 0.3) is 0 Å². The number of carbonyl (C=O) groups excluding carboxylic acids is 1. The van der Waals surface area contributed by atoms with Crippen LogP contribution < -0.4 is 5.32 Å². The summed E-state index contributed by atoms with van der Waals surface area (Å²) in [7, 11) is 1.60. The molecule has 2 aromatic rings. The molecule has 1 N–H and O–H groups in total. The Morgan fingerprint density at radius 1 is 1.22 bits per heavy atom. The van der Waals surface area contributed by atoms with Crippen molar-refractivity contribution in [2.24, 2.45) is 0 Å². The van der Waals surface area contributed by atoms with Gasteiger partial charge in [0.05, 0.1) is 23.8 Å². The lowest BCUT2D eigenvalue weighted by Gasteiger charge is -2.10. The number of ether oxygens (including phenoxy) is 1. The quantitative estimate of drug-likeness (QED) is 0.627. The van der Waals surface area contributed by atoms with E-state index in [2.05, 4.69) is 11.4 Å². The van der Waals surface area contributed by atoms with Gasteiger partial charge in [-0.3, -0.25) is 4.79 Å². The SMILES string of the molecule is COCCNC(=O)c1ccccc1SCc1ccc(C#N)cc1. The molecule has 0 radical (unpaired) electrons. The van der Waals surface area contributed by atoms with Gasteiger partial charge in [-0.15, -0.1) is 11.8 Å². The molecule has 0 saturated carbocycles.